The van der Waals surface area contributed by atoms with Crippen molar-refractivity contribution in [3.8, 4) is 0 Å². The number of rotatable bonds is 4. The Bertz CT molecular complexity index is 596. The number of hydrogen-bond donors (Lipinski definition) is 0. The van der Waals surface area contributed by atoms with E-state index in [2.05, 4.69) is 0 Å². The van der Waals surface area contributed by atoms with Crippen molar-refractivity contribution in [1.29, 1.82) is 0 Å². The summed E-state index contributed by atoms with van der Waals surface area (Å²) < 4.78 is 24.9. The SMILES string of the molecule is O=C(CS(=O)c1ccc(F)c(Cl)c1)c1cccs1. The van der Waals surface area contributed by atoms with E-state index >= 15 is 0 Å². The average Bonchev–Trinajstić information content (AvgIpc) is 2.86. The number of benzene rings is 1. The summed E-state index contributed by atoms with van der Waals surface area (Å²) in [6.07, 6.45) is 0. The quantitative estimate of drug-likeness (QED) is 0.810. The first-order valence-corrected chi connectivity index (χ1v) is 7.55. The van der Waals surface area contributed by atoms with E-state index in [0.717, 1.165) is 6.07 Å². The number of thiophene rings is 1. The molecule has 0 bridgehead atoms. The van der Waals surface area contributed by atoms with Gasteiger partial charge in [-0.2, -0.15) is 0 Å². The third-order valence-electron chi connectivity index (χ3n) is 2.21. The average molecular weight is 303 g/mol. The number of ketones is 1. The van der Waals surface area contributed by atoms with Gasteiger partial charge in [0.05, 0.1) is 26.5 Å². The molecule has 0 amide bonds. The zero-order valence-electron chi connectivity index (χ0n) is 9.06. The largest absolute Gasteiger partial charge is 0.292 e. The summed E-state index contributed by atoms with van der Waals surface area (Å²) in [6, 6.07) is 7.25. The van der Waals surface area contributed by atoms with Crippen molar-refractivity contribution in [2.24, 2.45) is 0 Å². The molecular weight excluding hydrogens is 295 g/mol. The van der Waals surface area contributed by atoms with Crippen LogP contribution < -0.4 is 0 Å². The fourth-order valence-electron chi connectivity index (χ4n) is 1.33. The molecule has 0 aliphatic heterocycles. The van der Waals surface area contributed by atoms with Gasteiger partial charge in [0.2, 0.25) is 0 Å². The van der Waals surface area contributed by atoms with Crippen molar-refractivity contribution in [1.82, 2.24) is 0 Å². The van der Waals surface area contributed by atoms with E-state index in [4.69, 9.17) is 11.6 Å². The standard InChI is InChI=1S/C12H8ClFO2S2/c13-9-6-8(3-4-10(9)14)18(16)7-11(15)12-2-1-5-17-12/h1-6H,7H2. The van der Waals surface area contributed by atoms with E-state index < -0.39 is 16.6 Å². The van der Waals surface area contributed by atoms with Crippen LogP contribution in [0.15, 0.2) is 40.6 Å². The number of halogens is 2. The third kappa shape index (κ3) is 3.04. The lowest BCUT2D eigenvalue weighted by Gasteiger charge is -2.02. The second kappa shape index (κ2) is 5.73. The fourth-order valence-corrected chi connectivity index (χ4v) is 3.36. The van der Waals surface area contributed by atoms with Gasteiger partial charge in [-0.25, -0.2) is 4.39 Å². The van der Waals surface area contributed by atoms with Crippen LogP contribution in [0.1, 0.15) is 9.67 Å². The van der Waals surface area contributed by atoms with Crippen LogP contribution in [0.3, 0.4) is 0 Å². The van der Waals surface area contributed by atoms with E-state index in [1.54, 1.807) is 17.5 Å². The highest BCUT2D eigenvalue weighted by atomic mass is 35.5. The molecule has 0 N–H and O–H groups in total. The van der Waals surface area contributed by atoms with Crippen molar-refractivity contribution < 1.29 is 13.4 Å². The molecule has 18 heavy (non-hydrogen) atoms. The summed E-state index contributed by atoms with van der Waals surface area (Å²) >= 11 is 6.91. The maximum absolute atomic E-state index is 13.0. The Kier molecular flexibility index (Phi) is 4.27. The highest BCUT2D eigenvalue weighted by Gasteiger charge is 2.14. The van der Waals surface area contributed by atoms with Gasteiger partial charge in [-0.05, 0) is 29.6 Å². The normalized spacial score (nSPS) is 12.3. The minimum absolute atomic E-state index is 0.0931. The first-order valence-electron chi connectivity index (χ1n) is 4.98. The molecule has 1 aromatic heterocycles. The minimum Gasteiger partial charge on any atom is -0.292 e. The molecule has 2 rings (SSSR count). The first kappa shape index (κ1) is 13.4. The summed E-state index contributed by atoms with van der Waals surface area (Å²) in [4.78, 5) is 12.7. The molecule has 0 saturated carbocycles. The van der Waals surface area contributed by atoms with Crippen LogP contribution in [0, 0.1) is 5.82 Å². The molecule has 0 aliphatic carbocycles. The lowest BCUT2D eigenvalue weighted by atomic mass is 10.3. The molecule has 6 heteroatoms. The van der Waals surface area contributed by atoms with Gasteiger partial charge in [-0.15, -0.1) is 11.3 Å². The maximum atomic E-state index is 13.0. The predicted octanol–water partition coefficient (Wildman–Crippen LogP) is 3.53. The Hall–Kier alpha value is -1.04. The second-order valence-electron chi connectivity index (χ2n) is 3.47. The maximum Gasteiger partial charge on any atom is 0.185 e. The fraction of sp³-hybridized carbons (Fsp3) is 0.0833. The predicted molar refractivity (Wildman–Crippen MR) is 71.3 cm³/mol. The Morgan fingerprint density at radius 1 is 1.39 bits per heavy atom. The lowest BCUT2D eigenvalue weighted by Crippen LogP contribution is -2.09. The minimum atomic E-state index is -1.51. The van der Waals surface area contributed by atoms with Crippen LogP contribution in [-0.4, -0.2) is 15.7 Å². The van der Waals surface area contributed by atoms with Gasteiger partial charge < -0.3 is 0 Å². The molecule has 1 heterocycles. The number of hydrogen-bond acceptors (Lipinski definition) is 3. The molecule has 1 aromatic carbocycles. The summed E-state index contributed by atoms with van der Waals surface area (Å²) in [7, 11) is -1.51. The first-order chi connectivity index (χ1) is 8.58. The molecule has 0 aliphatic rings. The van der Waals surface area contributed by atoms with Gasteiger partial charge in [-0.3, -0.25) is 9.00 Å². The molecular formula is C12H8ClFO2S2. The van der Waals surface area contributed by atoms with Gasteiger partial charge >= 0.3 is 0 Å². The van der Waals surface area contributed by atoms with E-state index in [9.17, 15) is 13.4 Å². The summed E-state index contributed by atoms with van der Waals surface area (Å²) in [5.74, 6) is -0.881. The topological polar surface area (TPSA) is 34.1 Å². The van der Waals surface area contributed by atoms with Gasteiger partial charge in [0.15, 0.2) is 5.78 Å². The van der Waals surface area contributed by atoms with Crippen molar-refractivity contribution >= 4 is 39.5 Å². The number of carbonyl (C=O) groups excluding carboxylic acids is 1. The van der Waals surface area contributed by atoms with Gasteiger partial charge in [0.25, 0.3) is 0 Å². The Balaban J connectivity index is 2.12. The molecule has 0 saturated heterocycles. The van der Waals surface area contributed by atoms with Crippen molar-refractivity contribution in [3.05, 3.63) is 51.4 Å². The summed E-state index contributed by atoms with van der Waals surface area (Å²) in [5, 5.41) is 1.69. The van der Waals surface area contributed by atoms with Crippen LogP contribution in [-0.2, 0) is 10.8 Å². The monoisotopic (exact) mass is 302 g/mol. The Morgan fingerprint density at radius 2 is 2.17 bits per heavy atom. The van der Waals surface area contributed by atoms with E-state index in [0.29, 0.717) is 9.77 Å². The third-order valence-corrected chi connectivity index (χ3v) is 4.72. The van der Waals surface area contributed by atoms with Crippen molar-refractivity contribution in [2.75, 3.05) is 5.75 Å². The van der Waals surface area contributed by atoms with E-state index in [-0.39, 0.29) is 16.6 Å². The van der Waals surface area contributed by atoms with Crippen LogP contribution in [0.4, 0.5) is 4.39 Å². The zero-order chi connectivity index (χ0) is 13.1. The molecule has 94 valence electrons. The van der Waals surface area contributed by atoms with Crippen LogP contribution in [0.5, 0.6) is 0 Å². The Morgan fingerprint density at radius 3 is 2.78 bits per heavy atom. The lowest BCUT2D eigenvalue weighted by molar-refractivity contribution is 0.102. The highest BCUT2D eigenvalue weighted by molar-refractivity contribution is 7.85. The highest BCUT2D eigenvalue weighted by Crippen LogP contribution is 2.19. The van der Waals surface area contributed by atoms with Gasteiger partial charge in [-0.1, -0.05) is 17.7 Å². The summed E-state index contributed by atoms with van der Waals surface area (Å²) in [6.45, 7) is 0. The molecule has 0 fully saturated rings. The number of carbonyl (C=O) groups is 1. The second-order valence-corrected chi connectivity index (χ2v) is 6.27. The van der Waals surface area contributed by atoms with Gasteiger partial charge in [0, 0.05) is 4.90 Å². The molecule has 2 aromatic rings. The van der Waals surface area contributed by atoms with Crippen molar-refractivity contribution in [2.45, 2.75) is 4.90 Å². The van der Waals surface area contributed by atoms with E-state index in [1.165, 1.54) is 23.5 Å². The molecule has 1 atom stereocenters. The van der Waals surface area contributed by atoms with Gasteiger partial charge in [0.1, 0.15) is 5.82 Å². The van der Waals surface area contributed by atoms with Crippen LogP contribution in [0.2, 0.25) is 5.02 Å². The van der Waals surface area contributed by atoms with Crippen LogP contribution >= 0.6 is 22.9 Å². The molecule has 0 radical (unpaired) electrons. The zero-order valence-corrected chi connectivity index (χ0v) is 11.4. The summed E-state index contributed by atoms with van der Waals surface area (Å²) in [5.41, 5.74) is 0. The molecule has 1 unspecified atom stereocenters. The Labute approximate surface area is 115 Å². The smallest absolute Gasteiger partial charge is 0.185 e. The van der Waals surface area contributed by atoms with E-state index in [1.807, 2.05) is 0 Å². The molecule has 2 nitrogen and oxygen atoms in total. The van der Waals surface area contributed by atoms with Crippen LogP contribution in [0.25, 0.3) is 0 Å². The van der Waals surface area contributed by atoms with Crippen molar-refractivity contribution in [3.63, 3.8) is 0 Å². The number of Topliss-reactive ketones (excluding diaryl/α,β-unsaturated/α-hetero) is 1. The molecule has 0 spiro atoms.